The Labute approximate surface area is 121 Å². The molecule has 112 valence electrons. The van der Waals surface area contributed by atoms with Crippen LogP contribution in [0.25, 0.3) is 0 Å². The standard InChI is InChI=1S/C16H26N2O2/c1-15(2)8-6-12(10-15)18-9-7-13(19)17-16(3,14(18)20)11-4-5-11/h11-12H,4-10H2,1-3H3,(H,17,19). The monoisotopic (exact) mass is 278 g/mol. The molecule has 0 bridgehead atoms. The van der Waals surface area contributed by atoms with Crippen LogP contribution in [-0.2, 0) is 9.59 Å². The summed E-state index contributed by atoms with van der Waals surface area (Å²) in [6.45, 7) is 7.08. The molecule has 1 heterocycles. The maximum Gasteiger partial charge on any atom is 0.248 e. The molecule has 4 nitrogen and oxygen atoms in total. The van der Waals surface area contributed by atoms with Crippen LogP contribution in [0.15, 0.2) is 0 Å². The summed E-state index contributed by atoms with van der Waals surface area (Å²) in [5.41, 5.74) is -0.328. The summed E-state index contributed by atoms with van der Waals surface area (Å²) in [6.07, 6.45) is 5.88. The molecule has 2 saturated carbocycles. The summed E-state index contributed by atoms with van der Waals surface area (Å²) in [5.74, 6) is 0.537. The second kappa shape index (κ2) is 4.47. The second-order valence-electron chi connectivity index (χ2n) is 7.83. The Morgan fingerprint density at radius 3 is 2.40 bits per heavy atom. The molecule has 0 aromatic carbocycles. The minimum absolute atomic E-state index is 0.0347. The van der Waals surface area contributed by atoms with Gasteiger partial charge in [0.05, 0.1) is 0 Å². The van der Waals surface area contributed by atoms with E-state index in [9.17, 15) is 9.59 Å². The Morgan fingerprint density at radius 2 is 1.85 bits per heavy atom. The van der Waals surface area contributed by atoms with Crippen molar-refractivity contribution in [3.8, 4) is 0 Å². The molecule has 1 aliphatic heterocycles. The van der Waals surface area contributed by atoms with Gasteiger partial charge in [0.15, 0.2) is 0 Å². The minimum Gasteiger partial charge on any atom is -0.342 e. The predicted octanol–water partition coefficient (Wildman–Crippen LogP) is 2.08. The van der Waals surface area contributed by atoms with Gasteiger partial charge in [-0.15, -0.1) is 0 Å². The number of carbonyl (C=O) groups is 2. The van der Waals surface area contributed by atoms with Crippen LogP contribution >= 0.6 is 0 Å². The first-order chi connectivity index (χ1) is 9.32. The van der Waals surface area contributed by atoms with Gasteiger partial charge >= 0.3 is 0 Å². The number of rotatable bonds is 2. The first-order valence-electron chi connectivity index (χ1n) is 7.94. The van der Waals surface area contributed by atoms with Crippen molar-refractivity contribution in [1.82, 2.24) is 10.2 Å². The Hall–Kier alpha value is -1.06. The van der Waals surface area contributed by atoms with Crippen molar-refractivity contribution in [3.63, 3.8) is 0 Å². The first-order valence-corrected chi connectivity index (χ1v) is 7.94. The lowest BCUT2D eigenvalue weighted by Crippen LogP contribution is -2.58. The lowest BCUT2D eigenvalue weighted by Gasteiger charge is -2.36. The Morgan fingerprint density at radius 1 is 1.15 bits per heavy atom. The Bertz CT molecular complexity index is 442. The fraction of sp³-hybridized carbons (Fsp3) is 0.875. The Balaban J connectivity index is 1.83. The van der Waals surface area contributed by atoms with Gasteiger partial charge < -0.3 is 10.2 Å². The van der Waals surface area contributed by atoms with E-state index in [1.165, 1.54) is 6.42 Å². The quantitative estimate of drug-likeness (QED) is 0.841. The summed E-state index contributed by atoms with van der Waals surface area (Å²) >= 11 is 0. The molecule has 0 aromatic heterocycles. The zero-order chi connectivity index (χ0) is 14.5. The summed E-state index contributed by atoms with van der Waals surface area (Å²) in [7, 11) is 0. The SMILES string of the molecule is CC1(C)CCC(N2CCC(=O)NC(C)(C3CC3)C2=O)C1. The molecular weight excluding hydrogens is 252 g/mol. The van der Waals surface area contributed by atoms with E-state index in [4.69, 9.17) is 0 Å². The number of hydrogen-bond acceptors (Lipinski definition) is 2. The van der Waals surface area contributed by atoms with E-state index < -0.39 is 5.54 Å². The van der Waals surface area contributed by atoms with Crippen molar-refractivity contribution in [1.29, 1.82) is 0 Å². The fourth-order valence-corrected chi connectivity index (χ4v) is 3.98. The highest BCUT2D eigenvalue weighted by molar-refractivity contribution is 5.94. The van der Waals surface area contributed by atoms with E-state index in [0.29, 0.717) is 30.3 Å². The summed E-state index contributed by atoms with van der Waals surface area (Å²) in [6, 6.07) is 0.322. The van der Waals surface area contributed by atoms with Gasteiger partial charge in [0.2, 0.25) is 11.8 Å². The van der Waals surface area contributed by atoms with E-state index in [-0.39, 0.29) is 11.8 Å². The molecule has 4 heteroatoms. The van der Waals surface area contributed by atoms with Crippen LogP contribution in [0.3, 0.4) is 0 Å². The molecule has 0 spiro atoms. The van der Waals surface area contributed by atoms with Gasteiger partial charge in [-0.2, -0.15) is 0 Å². The van der Waals surface area contributed by atoms with Gasteiger partial charge in [-0.05, 0) is 50.4 Å². The normalized spacial score (nSPS) is 37.8. The maximum atomic E-state index is 13.0. The molecule has 20 heavy (non-hydrogen) atoms. The average molecular weight is 278 g/mol. The van der Waals surface area contributed by atoms with Crippen LogP contribution in [0.1, 0.15) is 59.3 Å². The van der Waals surface area contributed by atoms with E-state index >= 15 is 0 Å². The van der Waals surface area contributed by atoms with Gasteiger partial charge in [-0.3, -0.25) is 9.59 Å². The zero-order valence-corrected chi connectivity index (χ0v) is 12.9. The van der Waals surface area contributed by atoms with E-state index in [1.807, 2.05) is 11.8 Å². The molecule has 1 saturated heterocycles. The smallest absolute Gasteiger partial charge is 0.248 e. The van der Waals surface area contributed by atoms with Crippen molar-refractivity contribution in [2.45, 2.75) is 70.9 Å². The first kappa shape index (κ1) is 13.9. The highest BCUT2D eigenvalue weighted by Gasteiger charge is 2.52. The summed E-state index contributed by atoms with van der Waals surface area (Å²) in [5, 5.41) is 3.01. The predicted molar refractivity (Wildman–Crippen MR) is 77.0 cm³/mol. The largest absolute Gasteiger partial charge is 0.342 e. The van der Waals surface area contributed by atoms with Crippen molar-refractivity contribution >= 4 is 11.8 Å². The van der Waals surface area contributed by atoms with E-state index in [1.54, 1.807) is 0 Å². The van der Waals surface area contributed by atoms with E-state index in [2.05, 4.69) is 19.2 Å². The lowest BCUT2D eigenvalue weighted by molar-refractivity contribution is -0.141. The van der Waals surface area contributed by atoms with Crippen molar-refractivity contribution in [3.05, 3.63) is 0 Å². The third-order valence-electron chi connectivity index (χ3n) is 5.46. The number of nitrogens with one attached hydrogen (secondary N) is 1. The van der Waals surface area contributed by atoms with E-state index in [0.717, 1.165) is 25.7 Å². The third-order valence-corrected chi connectivity index (χ3v) is 5.46. The molecule has 2 atom stereocenters. The molecule has 3 aliphatic rings. The lowest BCUT2D eigenvalue weighted by atomic mass is 9.90. The number of amides is 2. The molecule has 3 fully saturated rings. The van der Waals surface area contributed by atoms with Crippen molar-refractivity contribution in [2.24, 2.45) is 11.3 Å². The molecule has 3 rings (SSSR count). The van der Waals surface area contributed by atoms with Gasteiger partial charge in [-0.25, -0.2) is 0 Å². The Kier molecular flexibility index (Phi) is 3.11. The second-order valence-corrected chi connectivity index (χ2v) is 7.83. The van der Waals surface area contributed by atoms with Crippen LogP contribution in [-0.4, -0.2) is 34.8 Å². The molecule has 2 amide bonds. The van der Waals surface area contributed by atoms with Crippen molar-refractivity contribution in [2.75, 3.05) is 6.54 Å². The van der Waals surface area contributed by atoms with Crippen LogP contribution < -0.4 is 5.32 Å². The van der Waals surface area contributed by atoms with Crippen LogP contribution in [0.5, 0.6) is 0 Å². The molecule has 2 unspecified atom stereocenters. The average Bonchev–Trinajstić information content (AvgIpc) is 3.15. The molecular formula is C16H26N2O2. The van der Waals surface area contributed by atoms with Gasteiger partial charge in [0.1, 0.15) is 5.54 Å². The van der Waals surface area contributed by atoms with Gasteiger partial charge in [0, 0.05) is 19.0 Å². The summed E-state index contributed by atoms with van der Waals surface area (Å²) < 4.78 is 0. The topological polar surface area (TPSA) is 49.4 Å². The van der Waals surface area contributed by atoms with Crippen LogP contribution in [0.4, 0.5) is 0 Å². The van der Waals surface area contributed by atoms with Gasteiger partial charge in [0.25, 0.3) is 0 Å². The number of hydrogen-bond donors (Lipinski definition) is 1. The molecule has 2 aliphatic carbocycles. The van der Waals surface area contributed by atoms with Gasteiger partial charge in [-0.1, -0.05) is 13.8 Å². The maximum absolute atomic E-state index is 13.0. The molecule has 1 N–H and O–H groups in total. The molecule has 0 aromatic rings. The van der Waals surface area contributed by atoms with Crippen LogP contribution in [0, 0.1) is 11.3 Å². The molecule has 0 radical (unpaired) electrons. The highest BCUT2D eigenvalue weighted by Crippen LogP contribution is 2.44. The third kappa shape index (κ3) is 2.33. The highest BCUT2D eigenvalue weighted by atomic mass is 16.2. The number of carbonyl (C=O) groups excluding carboxylic acids is 2. The van der Waals surface area contributed by atoms with Crippen LogP contribution in [0.2, 0.25) is 0 Å². The fourth-order valence-electron chi connectivity index (χ4n) is 3.98. The summed E-state index contributed by atoms with van der Waals surface area (Å²) in [4.78, 5) is 27.0. The van der Waals surface area contributed by atoms with Crippen molar-refractivity contribution < 1.29 is 9.59 Å². The minimum atomic E-state index is -0.652. The zero-order valence-electron chi connectivity index (χ0n) is 12.9. The number of nitrogens with zero attached hydrogens (tertiary/aromatic N) is 1.